The van der Waals surface area contributed by atoms with Gasteiger partial charge in [0.2, 0.25) is 0 Å². The number of rotatable bonds is 4. The second-order valence-corrected chi connectivity index (χ2v) is 4.41. The van der Waals surface area contributed by atoms with Crippen molar-refractivity contribution in [1.82, 2.24) is 10.3 Å². The summed E-state index contributed by atoms with van der Waals surface area (Å²) in [4.78, 5) is 26.7. The van der Waals surface area contributed by atoms with Crippen LogP contribution in [0.2, 0.25) is 5.02 Å². The molecule has 1 amide bonds. The van der Waals surface area contributed by atoms with E-state index in [2.05, 4.69) is 10.3 Å². The Kier molecular flexibility index (Phi) is 4.32. The number of hydrogen-bond donors (Lipinski definition) is 2. The normalized spacial score (nSPS) is 10.1. The smallest absolute Gasteiger partial charge is 0.335 e. The summed E-state index contributed by atoms with van der Waals surface area (Å²) in [6, 6.07) is 9.48. The van der Waals surface area contributed by atoms with Crippen molar-refractivity contribution in [2.75, 3.05) is 0 Å². The number of carboxylic acids is 1. The van der Waals surface area contributed by atoms with Crippen LogP contribution >= 0.6 is 11.6 Å². The second kappa shape index (κ2) is 6.16. The quantitative estimate of drug-likeness (QED) is 0.906. The zero-order valence-electron chi connectivity index (χ0n) is 10.3. The van der Waals surface area contributed by atoms with E-state index in [1.165, 1.54) is 18.3 Å². The topological polar surface area (TPSA) is 79.3 Å². The van der Waals surface area contributed by atoms with Crippen LogP contribution in [0.4, 0.5) is 0 Å². The molecule has 1 aromatic carbocycles. The number of benzene rings is 1. The number of nitrogens with one attached hydrogen (secondary N) is 1. The molecule has 0 unspecified atom stereocenters. The minimum atomic E-state index is -1.04. The van der Waals surface area contributed by atoms with Crippen LogP contribution in [0.25, 0.3) is 0 Å². The summed E-state index contributed by atoms with van der Waals surface area (Å²) in [5.41, 5.74) is 0.954. The molecule has 102 valence electrons. The molecule has 0 saturated carbocycles. The zero-order chi connectivity index (χ0) is 14.5. The highest BCUT2D eigenvalue weighted by Gasteiger charge is 2.10. The number of carbonyl (C=O) groups is 2. The number of halogens is 1. The van der Waals surface area contributed by atoms with Crippen LogP contribution in [-0.4, -0.2) is 22.0 Å². The van der Waals surface area contributed by atoms with Crippen molar-refractivity contribution in [3.63, 3.8) is 0 Å². The molecule has 2 N–H and O–H groups in total. The van der Waals surface area contributed by atoms with Crippen molar-refractivity contribution in [3.05, 3.63) is 64.4 Å². The molecule has 0 aliphatic carbocycles. The standard InChI is InChI=1S/C14H11ClN2O3/c15-12-4-2-1-3-11(12)13(18)17-8-10-7-9(14(19)20)5-6-16-10/h1-7H,8H2,(H,17,18)(H,19,20). The van der Waals surface area contributed by atoms with E-state index < -0.39 is 5.97 Å². The Balaban J connectivity index is 2.06. The first-order valence-electron chi connectivity index (χ1n) is 5.79. The molecule has 0 radical (unpaired) electrons. The first-order chi connectivity index (χ1) is 9.58. The van der Waals surface area contributed by atoms with E-state index in [1.807, 2.05) is 0 Å². The van der Waals surface area contributed by atoms with E-state index in [0.717, 1.165) is 0 Å². The van der Waals surface area contributed by atoms with Gasteiger partial charge in [-0.2, -0.15) is 0 Å². The Bertz CT molecular complexity index is 658. The van der Waals surface area contributed by atoms with E-state index in [0.29, 0.717) is 16.3 Å². The summed E-state index contributed by atoms with van der Waals surface area (Å²) in [5, 5.41) is 11.9. The Morgan fingerprint density at radius 3 is 2.70 bits per heavy atom. The number of aromatic nitrogens is 1. The van der Waals surface area contributed by atoms with E-state index in [9.17, 15) is 9.59 Å². The Morgan fingerprint density at radius 1 is 1.25 bits per heavy atom. The van der Waals surface area contributed by atoms with Gasteiger partial charge in [-0.1, -0.05) is 23.7 Å². The van der Waals surface area contributed by atoms with Gasteiger partial charge < -0.3 is 10.4 Å². The number of hydrogen-bond acceptors (Lipinski definition) is 3. The van der Waals surface area contributed by atoms with Crippen LogP contribution < -0.4 is 5.32 Å². The van der Waals surface area contributed by atoms with Crippen molar-refractivity contribution >= 4 is 23.5 Å². The highest BCUT2D eigenvalue weighted by molar-refractivity contribution is 6.33. The molecule has 0 aliphatic rings. The van der Waals surface area contributed by atoms with Gasteiger partial charge in [0.05, 0.1) is 28.4 Å². The fourth-order valence-electron chi connectivity index (χ4n) is 1.62. The van der Waals surface area contributed by atoms with Crippen molar-refractivity contribution in [1.29, 1.82) is 0 Å². The maximum Gasteiger partial charge on any atom is 0.335 e. The van der Waals surface area contributed by atoms with Crippen LogP contribution in [0.3, 0.4) is 0 Å². The molecule has 6 heteroatoms. The maximum absolute atomic E-state index is 11.9. The van der Waals surface area contributed by atoms with Crippen LogP contribution in [0.5, 0.6) is 0 Å². The van der Waals surface area contributed by atoms with Gasteiger partial charge in [0.15, 0.2) is 0 Å². The van der Waals surface area contributed by atoms with Crippen LogP contribution in [0, 0.1) is 0 Å². The number of nitrogens with zero attached hydrogens (tertiary/aromatic N) is 1. The molecule has 5 nitrogen and oxygen atoms in total. The first kappa shape index (κ1) is 14.0. The highest BCUT2D eigenvalue weighted by Crippen LogP contribution is 2.14. The lowest BCUT2D eigenvalue weighted by molar-refractivity contribution is 0.0696. The summed E-state index contributed by atoms with van der Waals surface area (Å²) in [6.45, 7) is 0.130. The molecule has 2 aromatic rings. The minimum absolute atomic E-state index is 0.127. The molecular formula is C14H11ClN2O3. The molecule has 0 fully saturated rings. The number of pyridine rings is 1. The summed E-state index contributed by atoms with van der Waals surface area (Å²) in [7, 11) is 0. The van der Waals surface area contributed by atoms with E-state index in [1.54, 1.807) is 24.3 Å². The summed E-state index contributed by atoms with van der Waals surface area (Å²) in [5.74, 6) is -1.37. The Hall–Kier alpha value is -2.40. The SMILES string of the molecule is O=C(O)c1ccnc(CNC(=O)c2ccccc2Cl)c1. The second-order valence-electron chi connectivity index (χ2n) is 4.00. The molecule has 0 bridgehead atoms. The van der Waals surface area contributed by atoms with E-state index >= 15 is 0 Å². The fraction of sp³-hybridized carbons (Fsp3) is 0.0714. The molecule has 2 rings (SSSR count). The molecule has 0 spiro atoms. The van der Waals surface area contributed by atoms with Crippen molar-refractivity contribution < 1.29 is 14.7 Å². The molecule has 1 aromatic heterocycles. The van der Waals surface area contributed by atoms with Crippen molar-refractivity contribution in [3.8, 4) is 0 Å². The number of amides is 1. The predicted octanol–water partition coefficient (Wildman–Crippen LogP) is 2.36. The van der Waals surface area contributed by atoms with Gasteiger partial charge >= 0.3 is 5.97 Å². The van der Waals surface area contributed by atoms with Gasteiger partial charge in [0.25, 0.3) is 5.91 Å². The Labute approximate surface area is 120 Å². The van der Waals surface area contributed by atoms with Crippen molar-refractivity contribution in [2.24, 2.45) is 0 Å². The highest BCUT2D eigenvalue weighted by atomic mass is 35.5. The lowest BCUT2D eigenvalue weighted by Crippen LogP contribution is -2.23. The largest absolute Gasteiger partial charge is 0.478 e. The van der Waals surface area contributed by atoms with Crippen molar-refractivity contribution in [2.45, 2.75) is 6.54 Å². The molecule has 1 heterocycles. The maximum atomic E-state index is 11.9. The fourth-order valence-corrected chi connectivity index (χ4v) is 1.84. The van der Waals surface area contributed by atoms with Crippen LogP contribution in [0.15, 0.2) is 42.6 Å². The first-order valence-corrected chi connectivity index (χ1v) is 6.16. The van der Waals surface area contributed by atoms with Crippen LogP contribution in [0.1, 0.15) is 26.4 Å². The van der Waals surface area contributed by atoms with Gasteiger partial charge in [0.1, 0.15) is 0 Å². The van der Waals surface area contributed by atoms with E-state index in [4.69, 9.17) is 16.7 Å². The average Bonchev–Trinajstić information content (AvgIpc) is 2.45. The third kappa shape index (κ3) is 3.33. The summed E-state index contributed by atoms with van der Waals surface area (Å²) < 4.78 is 0. The third-order valence-corrected chi connectivity index (χ3v) is 2.94. The number of aromatic carboxylic acids is 1. The lowest BCUT2D eigenvalue weighted by atomic mass is 10.2. The molecular weight excluding hydrogens is 280 g/mol. The number of carboxylic acid groups (broad SMARTS) is 1. The lowest BCUT2D eigenvalue weighted by Gasteiger charge is -2.06. The van der Waals surface area contributed by atoms with Gasteiger partial charge in [-0.25, -0.2) is 4.79 Å². The van der Waals surface area contributed by atoms with Gasteiger partial charge in [0, 0.05) is 6.20 Å². The van der Waals surface area contributed by atoms with Gasteiger partial charge in [-0.05, 0) is 24.3 Å². The molecule has 20 heavy (non-hydrogen) atoms. The molecule has 0 saturated heterocycles. The van der Waals surface area contributed by atoms with Gasteiger partial charge in [-0.3, -0.25) is 9.78 Å². The average molecular weight is 291 g/mol. The molecule has 0 aliphatic heterocycles. The summed E-state index contributed by atoms with van der Waals surface area (Å²) >= 11 is 5.91. The monoisotopic (exact) mass is 290 g/mol. The Morgan fingerprint density at radius 2 is 2.00 bits per heavy atom. The number of carbonyl (C=O) groups excluding carboxylic acids is 1. The minimum Gasteiger partial charge on any atom is -0.478 e. The predicted molar refractivity (Wildman–Crippen MR) is 73.8 cm³/mol. The van der Waals surface area contributed by atoms with Crippen LogP contribution in [-0.2, 0) is 6.54 Å². The third-order valence-electron chi connectivity index (χ3n) is 2.61. The van der Waals surface area contributed by atoms with Gasteiger partial charge in [-0.15, -0.1) is 0 Å². The molecule has 0 atom stereocenters. The summed E-state index contributed by atoms with van der Waals surface area (Å²) in [6.07, 6.45) is 1.39. The van der Waals surface area contributed by atoms with E-state index in [-0.39, 0.29) is 18.0 Å². The zero-order valence-corrected chi connectivity index (χ0v) is 11.1.